The highest BCUT2D eigenvalue weighted by Gasteiger charge is 2.42. The van der Waals surface area contributed by atoms with Crippen molar-refractivity contribution in [3.8, 4) is 0 Å². The molecule has 2 aliphatic rings. The van der Waals surface area contributed by atoms with Crippen LogP contribution >= 0.6 is 0 Å². The summed E-state index contributed by atoms with van der Waals surface area (Å²) < 4.78 is 7.22. The molecule has 0 saturated carbocycles. The third-order valence-corrected chi connectivity index (χ3v) is 6.13. The van der Waals surface area contributed by atoms with Gasteiger partial charge in [0.2, 0.25) is 0 Å². The van der Waals surface area contributed by atoms with Gasteiger partial charge in [-0.05, 0) is 29.5 Å². The highest BCUT2D eigenvalue weighted by molar-refractivity contribution is 6.01. The number of hydrogen-bond acceptors (Lipinski definition) is 6. The zero-order valence-corrected chi connectivity index (χ0v) is 18.2. The lowest BCUT2D eigenvalue weighted by atomic mass is 9.69. The van der Waals surface area contributed by atoms with Gasteiger partial charge in [-0.2, -0.15) is 0 Å². The second-order valence-electron chi connectivity index (χ2n) is 8.97. The van der Waals surface area contributed by atoms with Crippen LogP contribution in [0.2, 0.25) is 0 Å². The number of ether oxygens (including phenoxy) is 1. The fourth-order valence-corrected chi connectivity index (χ4v) is 4.61. The molecule has 4 rings (SSSR count). The smallest absolute Gasteiger partial charge is 0.337 e. The van der Waals surface area contributed by atoms with Gasteiger partial charge in [0.15, 0.2) is 5.78 Å². The molecule has 162 valence electrons. The van der Waals surface area contributed by atoms with E-state index in [2.05, 4.69) is 5.32 Å². The van der Waals surface area contributed by atoms with Crippen molar-refractivity contribution in [2.24, 2.45) is 19.5 Å². The van der Waals surface area contributed by atoms with Crippen molar-refractivity contribution in [1.82, 2.24) is 9.13 Å². The molecule has 0 amide bonds. The van der Waals surface area contributed by atoms with E-state index in [1.807, 2.05) is 13.8 Å². The first-order valence-electron chi connectivity index (χ1n) is 10.1. The standard InChI is InChI=1S/C23H25N3O5/c1-23(2)10-14-17(15(27)11-23)16(12-6-8-13(9-7-12)21(29)31-5)18-19(24-14)25(3)22(30)26(4)20(18)28/h6-9,16,24H,10-11H2,1-5H3. The van der Waals surface area contributed by atoms with E-state index in [-0.39, 0.29) is 11.2 Å². The Labute approximate surface area is 179 Å². The molecule has 1 atom stereocenters. The van der Waals surface area contributed by atoms with Crippen molar-refractivity contribution in [3.05, 3.63) is 73.1 Å². The molecule has 31 heavy (non-hydrogen) atoms. The minimum absolute atomic E-state index is 0.0256. The number of esters is 1. The zero-order chi connectivity index (χ0) is 22.7. The predicted molar refractivity (Wildman–Crippen MR) is 115 cm³/mol. The number of nitrogens with one attached hydrogen (secondary N) is 1. The second kappa shape index (κ2) is 7.08. The summed E-state index contributed by atoms with van der Waals surface area (Å²) in [5, 5.41) is 3.23. The maximum Gasteiger partial charge on any atom is 0.337 e. The Morgan fingerprint density at radius 1 is 1.06 bits per heavy atom. The van der Waals surface area contributed by atoms with E-state index in [9.17, 15) is 19.2 Å². The number of allylic oxidation sites excluding steroid dienone is 2. The van der Waals surface area contributed by atoms with Gasteiger partial charge in [-0.3, -0.25) is 18.7 Å². The Kier molecular flexibility index (Phi) is 4.76. The minimum Gasteiger partial charge on any atom is -0.465 e. The Morgan fingerprint density at radius 3 is 2.32 bits per heavy atom. The molecule has 8 nitrogen and oxygen atoms in total. The summed E-state index contributed by atoms with van der Waals surface area (Å²) in [5.41, 5.74) is 1.58. The third-order valence-electron chi connectivity index (χ3n) is 6.13. The van der Waals surface area contributed by atoms with Gasteiger partial charge in [-0.25, -0.2) is 9.59 Å². The molecule has 1 aliphatic heterocycles. The number of aromatic nitrogens is 2. The predicted octanol–water partition coefficient (Wildman–Crippen LogP) is 2.07. The van der Waals surface area contributed by atoms with Crippen LogP contribution in [-0.4, -0.2) is 28.0 Å². The first kappa shape index (κ1) is 20.8. The van der Waals surface area contributed by atoms with Crippen molar-refractivity contribution in [2.75, 3.05) is 12.4 Å². The highest BCUT2D eigenvalue weighted by atomic mass is 16.5. The van der Waals surface area contributed by atoms with Crippen LogP contribution in [0.25, 0.3) is 0 Å². The summed E-state index contributed by atoms with van der Waals surface area (Å²) >= 11 is 0. The third kappa shape index (κ3) is 3.22. The van der Waals surface area contributed by atoms with E-state index >= 15 is 0 Å². The molecule has 2 aromatic rings. The number of fused-ring (bicyclic) bond motifs is 1. The number of benzene rings is 1. The number of ketones is 1. The topological polar surface area (TPSA) is 99.4 Å². The maximum atomic E-state index is 13.3. The van der Waals surface area contributed by atoms with Crippen LogP contribution in [-0.2, 0) is 23.6 Å². The van der Waals surface area contributed by atoms with E-state index in [0.717, 1.165) is 10.3 Å². The van der Waals surface area contributed by atoms with E-state index < -0.39 is 23.1 Å². The van der Waals surface area contributed by atoms with Gasteiger partial charge in [0.05, 0.1) is 18.2 Å². The van der Waals surface area contributed by atoms with Crippen LogP contribution in [0.15, 0.2) is 45.1 Å². The maximum absolute atomic E-state index is 13.3. The van der Waals surface area contributed by atoms with Crippen LogP contribution in [0.3, 0.4) is 0 Å². The molecule has 0 bridgehead atoms. The quantitative estimate of drug-likeness (QED) is 0.743. The monoisotopic (exact) mass is 423 g/mol. The van der Waals surface area contributed by atoms with Gasteiger partial charge in [0.25, 0.3) is 5.56 Å². The first-order valence-corrected chi connectivity index (χ1v) is 10.1. The van der Waals surface area contributed by atoms with Crippen LogP contribution in [0.4, 0.5) is 5.82 Å². The molecule has 1 unspecified atom stereocenters. The zero-order valence-electron chi connectivity index (χ0n) is 18.2. The number of anilines is 1. The number of carbonyl (C=O) groups excluding carboxylic acids is 2. The molecule has 0 fully saturated rings. The van der Waals surface area contributed by atoms with Crippen LogP contribution in [0.5, 0.6) is 0 Å². The second-order valence-corrected chi connectivity index (χ2v) is 8.97. The molecule has 1 aliphatic carbocycles. The van der Waals surface area contributed by atoms with Crippen molar-refractivity contribution < 1.29 is 14.3 Å². The van der Waals surface area contributed by atoms with Crippen molar-refractivity contribution >= 4 is 17.6 Å². The number of carbonyl (C=O) groups is 2. The fourth-order valence-electron chi connectivity index (χ4n) is 4.61. The molecular weight excluding hydrogens is 398 g/mol. The molecular formula is C23H25N3O5. The summed E-state index contributed by atoms with van der Waals surface area (Å²) in [4.78, 5) is 50.9. The van der Waals surface area contributed by atoms with Crippen LogP contribution in [0, 0.1) is 5.41 Å². The van der Waals surface area contributed by atoms with Crippen LogP contribution in [0.1, 0.15) is 54.1 Å². The SMILES string of the molecule is COC(=O)c1ccc(C2C3=C(CC(C)(C)CC3=O)Nc3c2c(=O)n(C)c(=O)n3C)cc1. The minimum atomic E-state index is -0.632. The molecule has 0 radical (unpaired) electrons. The lowest BCUT2D eigenvalue weighted by Crippen LogP contribution is -2.45. The number of hydrogen-bond donors (Lipinski definition) is 1. The van der Waals surface area contributed by atoms with Gasteiger partial charge < -0.3 is 10.1 Å². The Morgan fingerprint density at radius 2 is 1.71 bits per heavy atom. The summed E-state index contributed by atoms with van der Waals surface area (Å²) in [6, 6.07) is 6.70. The van der Waals surface area contributed by atoms with Crippen molar-refractivity contribution in [1.29, 1.82) is 0 Å². The fraction of sp³-hybridized carbons (Fsp3) is 0.391. The highest BCUT2D eigenvalue weighted by Crippen LogP contribution is 2.47. The molecule has 8 heteroatoms. The van der Waals surface area contributed by atoms with E-state index in [0.29, 0.717) is 40.9 Å². The number of nitrogens with zero attached hydrogens (tertiary/aromatic N) is 2. The normalized spacial score (nSPS) is 19.4. The lowest BCUT2D eigenvalue weighted by molar-refractivity contribution is -0.118. The summed E-state index contributed by atoms with van der Waals surface area (Å²) in [7, 11) is 4.34. The van der Waals surface area contributed by atoms with Gasteiger partial charge in [-0.15, -0.1) is 0 Å². The van der Waals surface area contributed by atoms with Gasteiger partial charge in [0, 0.05) is 37.7 Å². The largest absolute Gasteiger partial charge is 0.465 e. The molecule has 1 aromatic carbocycles. The van der Waals surface area contributed by atoms with E-state index in [4.69, 9.17) is 4.74 Å². The lowest BCUT2D eigenvalue weighted by Gasteiger charge is -2.39. The van der Waals surface area contributed by atoms with Gasteiger partial charge in [-0.1, -0.05) is 26.0 Å². The average Bonchev–Trinajstić information content (AvgIpc) is 2.73. The van der Waals surface area contributed by atoms with Crippen LogP contribution < -0.4 is 16.6 Å². The molecule has 1 N–H and O–H groups in total. The summed E-state index contributed by atoms with van der Waals surface area (Å²) in [5.74, 6) is -0.722. The Bertz CT molecular complexity index is 1260. The summed E-state index contributed by atoms with van der Waals surface area (Å²) in [6.45, 7) is 4.05. The average molecular weight is 423 g/mol. The molecule has 2 heterocycles. The number of Topliss-reactive ketones (excluding diaryl/α,β-unsaturated/α-hetero) is 1. The Hall–Kier alpha value is -3.42. The summed E-state index contributed by atoms with van der Waals surface area (Å²) in [6.07, 6.45) is 0.985. The number of methoxy groups -OCH3 is 1. The molecule has 0 saturated heterocycles. The van der Waals surface area contributed by atoms with E-state index in [1.54, 1.807) is 31.3 Å². The molecule has 0 spiro atoms. The molecule has 1 aromatic heterocycles. The van der Waals surface area contributed by atoms with Gasteiger partial charge in [0.1, 0.15) is 5.82 Å². The Balaban J connectivity index is 2.00. The van der Waals surface area contributed by atoms with Crippen molar-refractivity contribution in [2.45, 2.75) is 32.6 Å². The van der Waals surface area contributed by atoms with Crippen molar-refractivity contribution in [3.63, 3.8) is 0 Å². The first-order chi connectivity index (χ1) is 14.6. The number of rotatable bonds is 2. The van der Waals surface area contributed by atoms with Gasteiger partial charge >= 0.3 is 11.7 Å². The van der Waals surface area contributed by atoms with E-state index in [1.165, 1.54) is 18.7 Å².